The smallest absolute Gasteiger partial charge is 0.0375 e. The molecule has 3 unspecified atom stereocenters. The van der Waals surface area contributed by atoms with Crippen LogP contribution in [0.5, 0.6) is 0 Å². The largest absolute Gasteiger partial charge is 0.323 e. The van der Waals surface area contributed by atoms with Crippen LogP contribution < -0.4 is 5.73 Å². The van der Waals surface area contributed by atoms with Crippen LogP contribution in [-0.4, -0.2) is 0 Å². The Labute approximate surface area is 114 Å². The maximum atomic E-state index is 6.50. The highest BCUT2D eigenvalue weighted by Gasteiger charge is 2.26. The molecule has 0 amide bonds. The monoisotopic (exact) mass is 259 g/mol. The molecular formula is C16H21NS. The molecule has 1 nitrogen and oxygen atoms in total. The third-order valence-corrected chi connectivity index (χ3v) is 4.46. The zero-order chi connectivity index (χ0) is 13.0. The van der Waals surface area contributed by atoms with Crippen LogP contribution in [0.3, 0.4) is 0 Å². The number of thiophene rings is 1. The normalized spacial score (nSPS) is 16.2. The van der Waals surface area contributed by atoms with Crippen molar-refractivity contribution in [2.45, 2.75) is 32.2 Å². The van der Waals surface area contributed by atoms with Crippen LogP contribution in [0.1, 0.15) is 43.4 Å². The molecule has 2 N–H and O–H groups in total. The molecule has 2 rings (SSSR count). The molecular weight excluding hydrogens is 238 g/mol. The molecule has 1 aromatic carbocycles. The van der Waals surface area contributed by atoms with Crippen molar-refractivity contribution in [2.24, 2.45) is 11.7 Å². The van der Waals surface area contributed by atoms with Crippen LogP contribution in [0.4, 0.5) is 0 Å². The molecule has 18 heavy (non-hydrogen) atoms. The molecule has 0 aliphatic rings. The first-order valence-electron chi connectivity index (χ1n) is 6.56. The summed E-state index contributed by atoms with van der Waals surface area (Å²) in [5.74, 6) is 0.980. The van der Waals surface area contributed by atoms with E-state index >= 15 is 0 Å². The lowest BCUT2D eigenvalue weighted by Gasteiger charge is -2.29. The van der Waals surface area contributed by atoms with Crippen LogP contribution in [0.15, 0.2) is 47.2 Å². The Bertz CT molecular complexity index is 449. The Kier molecular flexibility index (Phi) is 4.56. The zero-order valence-electron chi connectivity index (χ0n) is 11.0. The molecule has 2 heteroatoms. The molecule has 2 aromatic rings. The van der Waals surface area contributed by atoms with Crippen molar-refractivity contribution in [2.75, 3.05) is 0 Å². The number of rotatable bonds is 5. The molecule has 1 aromatic heterocycles. The average Bonchev–Trinajstić information content (AvgIpc) is 2.94. The van der Waals surface area contributed by atoms with E-state index < -0.39 is 0 Å². The van der Waals surface area contributed by atoms with Gasteiger partial charge in [-0.1, -0.05) is 50.6 Å². The highest BCUT2D eigenvalue weighted by atomic mass is 32.1. The van der Waals surface area contributed by atoms with Gasteiger partial charge in [-0.2, -0.15) is 11.3 Å². The number of benzene rings is 1. The lowest BCUT2D eigenvalue weighted by Crippen LogP contribution is -2.24. The van der Waals surface area contributed by atoms with Crippen LogP contribution >= 0.6 is 11.3 Å². The first-order valence-corrected chi connectivity index (χ1v) is 7.51. The molecule has 0 saturated carbocycles. The van der Waals surface area contributed by atoms with Gasteiger partial charge >= 0.3 is 0 Å². The second-order valence-electron chi connectivity index (χ2n) is 4.90. The van der Waals surface area contributed by atoms with Crippen LogP contribution in [0.2, 0.25) is 0 Å². The Morgan fingerprint density at radius 1 is 1.11 bits per heavy atom. The predicted octanol–water partition coefficient (Wildman–Crippen LogP) is 4.58. The summed E-state index contributed by atoms with van der Waals surface area (Å²) in [6.07, 6.45) is 1.15. The molecule has 0 fully saturated rings. The van der Waals surface area contributed by atoms with Crippen molar-refractivity contribution < 1.29 is 0 Å². The Hall–Kier alpha value is -1.12. The number of nitrogens with two attached hydrogens (primary N) is 1. The second-order valence-corrected chi connectivity index (χ2v) is 5.68. The minimum Gasteiger partial charge on any atom is -0.323 e. The summed E-state index contributed by atoms with van der Waals surface area (Å²) in [5, 5.41) is 4.27. The SMILES string of the molecule is CCC(C)C(c1ccccc1)C(N)c1ccsc1. The van der Waals surface area contributed by atoms with E-state index in [0.29, 0.717) is 11.8 Å². The molecule has 96 valence electrons. The zero-order valence-corrected chi connectivity index (χ0v) is 11.9. The predicted molar refractivity (Wildman–Crippen MR) is 79.9 cm³/mol. The van der Waals surface area contributed by atoms with Crippen molar-refractivity contribution >= 4 is 11.3 Å². The lowest BCUT2D eigenvalue weighted by molar-refractivity contribution is 0.388. The van der Waals surface area contributed by atoms with Crippen molar-refractivity contribution in [1.82, 2.24) is 0 Å². The second kappa shape index (κ2) is 6.17. The van der Waals surface area contributed by atoms with E-state index in [9.17, 15) is 0 Å². The topological polar surface area (TPSA) is 26.0 Å². The summed E-state index contributed by atoms with van der Waals surface area (Å²) in [5.41, 5.74) is 9.11. The minimum absolute atomic E-state index is 0.0913. The summed E-state index contributed by atoms with van der Waals surface area (Å²) in [6, 6.07) is 12.9. The fourth-order valence-corrected chi connectivity index (χ4v) is 3.20. The Morgan fingerprint density at radius 2 is 1.83 bits per heavy atom. The summed E-state index contributed by atoms with van der Waals surface area (Å²) in [4.78, 5) is 0. The van der Waals surface area contributed by atoms with Crippen molar-refractivity contribution in [3.63, 3.8) is 0 Å². The van der Waals surface area contributed by atoms with Gasteiger partial charge in [0.15, 0.2) is 0 Å². The van der Waals surface area contributed by atoms with Crippen molar-refractivity contribution in [3.8, 4) is 0 Å². The van der Waals surface area contributed by atoms with Gasteiger partial charge in [-0.05, 0) is 33.9 Å². The van der Waals surface area contributed by atoms with Crippen LogP contribution in [0.25, 0.3) is 0 Å². The van der Waals surface area contributed by atoms with Crippen LogP contribution in [0, 0.1) is 5.92 Å². The van der Waals surface area contributed by atoms with Gasteiger partial charge in [0.25, 0.3) is 0 Å². The van der Waals surface area contributed by atoms with Gasteiger partial charge in [0, 0.05) is 12.0 Å². The number of hydrogen-bond donors (Lipinski definition) is 1. The van der Waals surface area contributed by atoms with Crippen molar-refractivity contribution in [1.29, 1.82) is 0 Å². The maximum Gasteiger partial charge on any atom is 0.0375 e. The van der Waals surface area contributed by atoms with Gasteiger partial charge in [0.05, 0.1) is 0 Å². The lowest BCUT2D eigenvalue weighted by atomic mass is 9.78. The van der Waals surface area contributed by atoms with E-state index in [-0.39, 0.29) is 6.04 Å². The standard InChI is InChI=1S/C16H21NS/c1-3-12(2)15(13-7-5-4-6-8-13)16(17)14-9-10-18-11-14/h4-12,15-16H,3,17H2,1-2H3. The van der Waals surface area contributed by atoms with E-state index in [1.165, 1.54) is 11.1 Å². The van der Waals surface area contributed by atoms with E-state index in [1.807, 2.05) is 0 Å². The maximum absolute atomic E-state index is 6.50. The minimum atomic E-state index is 0.0913. The quantitative estimate of drug-likeness (QED) is 0.835. The van der Waals surface area contributed by atoms with Gasteiger partial charge in [0.1, 0.15) is 0 Å². The van der Waals surface area contributed by atoms with Gasteiger partial charge in [-0.3, -0.25) is 0 Å². The van der Waals surface area contributed by atoms with Crippen LogP contribution in [-0.2, 0) is 0 Å². The third-order valence-electron chi connectivity index (χ3n) is 3.76. The summed E-state index contributed by atoms with van der Waals surface area (Å²) >= 11 is 1.72. The van der Waals surface area contributed by atoms with E-state index in [1.54, 1.807) is 11.3 Å². The molecule has 0 aliphatic heterocycles. The Morgan fingerprint density at radius 3 is 2.39 bits per heavy atom. The fraction of sp³-hybridized carbons (Fsp3) is 0.375. The van der Waals surface area contributed by atoms with Gasteiger partial charge in [-0.25, -0.2) is 0 Å². The summed E-state index contributed by atoms with van der Waals surface area (Å²) in [6.45, 7) is 4.53. The fourth-order valence-electron chi connectivity index (χ4n) is 2.49. The van der Waals surface area contributed by atoms with E-state index in [0.717, 1.165) is 6.42 Å². The first kappa shape index (κ1) is 13.3. The van der Waals surface area contributed by atoms with Gasteiger partial charge in [-0.15, -0.1) is 0 Å². The Balaban J connectivity index is 2.31. The van der Waals surface area contributed by atoms with E-state index in [2.05, 4.69) is 61.0 Å². The van der Waals surface area contributed by atoms with Gasteiger partial charge < -0.3 is 5.73 Å². The molecule has 0 saturated heterocycles. The van der Waals surface area contributed by atoms with Gasteiger partial charge in [0.2, 0.25) is 0 Å². The molecule has 0 bridgehead atoms. The van der Waals surface area contributed by atoms with Crippen molar-refractivity contribution in [3.05, 3.63) is 58.3 Å². The summed E-state index contributed by atoms with van der Waals surface area (Å²) < 4.78 is 0. The highest BCUT2D eigenvalue weighted by molar-refractivity contribution is 7.07. The average molecular weight is 259 g/mol. The molecule has 1 heterocycles. The first-order chi connectivity index (χ1) is 8.74. The number of hydrogen-bond acceptors (Lipinski definition) is 2. The van der Waals surface area contributed by atoms with E-state index in [4.69, 9.17) is 5.73 Å². The third kappa shape index (κ3) is 2.82. The molecule has 0 aliphatic carbocycles. The molecule has 0 radical (unpaired) electrons. The highest BCUT2D eigenvalue weighted by Crippen LogP contribution is 2.37. The molecule has 0 spiro atoms. The summed E-state index contributed by atoms with van der Waals surface area (Å²) in [7, 11) is 0. The molecule has 3 atom stereocenters.